The third-order valence-electron chi connectivity index (χ3n) is 4.36. The lowest BCUT2D eigenvalue weighted by molar-refractivity contribution is 0.0602. The largest absolute Gasteiger partial charge is 0.465 e. The minimum absolute atomic E-state index is 0.0914. The van der Waals surface area contributed by atoms with Crippen molar-refractivity contribution in [2.75, 3.05) is 24.7 Å². The van der Waals surface area contributed by atoms with Gasteiger partial charge >= 0.3 is 5.97 Å². The highest BCUT2D eigenvalue weighted by Gasteiger charge is 2.34. The molecule has 0 aliphatic heterocycles. The fraction of sp³-hybridized carbons (Fsp3) is 0.533. The minimum Gasteiger partial charge on any atom is -0.465 e. The second-order valence-corrected chi connectivity index (χ2v) is 5.47. The van der Waals surface area contributed by atoms with Gasteiger partial charge in [0, 0.05) is 12.2 Å². The van der Waals surface area contributed by atoms with E-state index in [1.165, 1.54) is 19.6 Å². The summed E-state index contributed by atoms with van der Waals surface area (Å²) in [7, 11) is 1.28. The Bertz CT molecular complexity index is 507. The van der Waals surface area contributed by atoms with Crippen LogP contribution in [0.4, 0.5) is 15.8 Å². The van der Waals surface area contributed by atoms with Crippen LogP contribution in [-0.4, -0.2) is 19.6 Å². The SMILES string of the molecule is CCC1(CNc2cc(C(=O)OC)c(N)cc2F)CCC1. The molecule has 0 unspecified atom stereocenters. The number of anilines is 2. The molecular weight excluding hydrogens is 259 g/mol. The van der Waals surface area contributed by atoms with E-state index in [4.69, 9.17) is 5.73 Å². The Morgan fingerprint density at radius 3 is 2.70 bits per heavy atom. The monoisotopic (exact) mass is 280 g/mol. The third kappa shape index (κ3) is 2.71. The molecule has 1 saturated carbocycles. The molecule has 1 aliphatic carbocycles. The molecule has 1 fully saturated rings. The molecule has 1 aromatic carbocycles. The quantitative estimate of drug-likeness (QED) is 0.642. The maximum Gasteiger partial charge on any atom is 0.340 e. The van der Waals surface area contributed by atoms with Crippen molar-refractivity contribution in [2.24, 2.45) is 5.41 Å². The van der Waals surface area contributed by atoms with Gasteiger partial charge in [-0.05, 0) is 36.8 Å². The Hall–Kier alpha value is -1.78. The fourth-order valence-corrected chi connectivity index (χ4v) is 2.63. The standard InChI is InChI=1S/C15H21FN2O2/c1-3-15(5-4-6-15)9-18-13-7-10(14(19)20-2)12(17)8-11(13)16/h7-8,18H,3-6,9,17H2,1-2H3. The molecule has 0 heterocycles. The summed E-state index contributed by atoms with van der Waals surface area (Å²) >= 11 is 0. The molecule has 0 spiro atoms. The number of rotatable bonds is 5. The van der Waals surface area contributed by atoms with Crippen LogP contribution in [0.5, 0.6) is 0 Å². The van der Waals surface area contributed by atoms with Crippen molar-refractivity contribution in [3.8, 4) is 0 Å². The van der Waals surface area contributed by atoms with Gasteiger partial charge in [-0.15, -0.1) is 0 Å². The van der Waals surface area contributed by atoms with Crippen LogP contribution in [-0.2, 0) is 4.74 Å². The van der Waals surface area contributed by atoms with Gasteiger partial charge in [0.15, 0.2) is 0 Å². The van der Waals surface area contributed by atoms with Gasteiger partial charge in [0.05, 0.1) is 18.4 Å². The lowest BCUT2D eigenvalue weighted by Crippen LogP contribution is -2.36. The van der Waals surface area contributed by atoms with E-state index in [1.807, 2.05) is 0 Å². The van der Waals surface area contributed by atoms with Gasteiger partial charge in [0.1, 0.15) is 5.82 Å². The van der Waals surface area contributed by atoms with Gasteiger partial charge in [-0.1, -0.05) is 13.3 Å². The van der Waals surface area contributed by atoms with Crippen LogP contribution in [0.3, 0.4) is 0 Å². The molecule has 20 heavy (non-hydrogen) atoms. The molecule has 2 rings (SSSR count). The average molecular weight is 280 g/mol. The van der Waals surface area contributed by atoms with Crippen molar-refractivity contribution in [3.05, 3.63) is 23.5 Å². The highest BCUT2D eigenvalue weighted by atomic mass is 19.1. The van der Waals surface area contributed by atoms with Crippen LogP contribution in [0, 0.1) is 11.2 Å². The summed E-state index contributed by atoms with van der Waals surface area (Å²) < 4.78 is 18.5. The Morgan fingerprint density at radius 2 is 2.20 bits per heavy atom. The van der Waals surface area contributed by atoms with Crippen LogP contribution in [0.2, 0.25) is 0 Å². The number of esters is 1. The number of carbonyl (C=O) groups excluding carboxylic acids is 1. The van der Waals surface area contributed by atoms with Crippen molar-refractivity contribution >= 4 is 17.3 Å². The Kier molecular flexibility index (Phi) is 4.16. The highest BCUT2D eigenvalue weighted by molar-refractivity contribution is 5.96. The first-order chi connectivity index (χ1) is 9.51. The Morgan fingerprint density at radius 1 is 1.50 bits per heavy atom. The second-order valence-electron chi connectivity index (χ2n) is 5.47. The summed E-state index contributed by atoms with van der Waals surface area (Å²) in [4.78, 5) is 11.6. The molecule has 0 saturated heterocycles. The van der Waals surface area contributed by atoms with E-state index >= 15 is 0 Å². The number of hydrogen-bond acceptors (Lipinski definition) is 4. The van der Waals surface area contributed by atoms with Crippen LogP contribution in [0.25, 0.3) is 0 Å². The summed E-state index contributed by atoms with van der Waals surface area (Å²) in [5.74, 6) is -1.000. The van der Waals surface area contributed by atoms with E-state index in [0.29, 0.717) is 12.2 Å². The minimum atomic E-state index is -0.556. The molecule has 110 valence electrons. The zero-order valence-corrected chi connectivity index (χ0v) is 12.0. The number of nitrogens with two attached hydrogens (primary N) is 1. The van der Waals surface area contributed by atoms with E-state index in [1.54, 1.807) is 0 Å². The molecule has 3 N–H and O–H groups in total. The number of nitrogen functional groups attached to an aromatic ring is 1. The van der Waals surface area contributed by atoms with E-state index in [0.717, 1.165) is 25.3 Å². The molecule has 1 aliphatic rings. The molecule has 0 radical (unpaired) electrons. The van der Waals surface area contributed by atoms with Gasteiger partial charge in [-0.25, -0.2) is 9.18 Å². The normalized spacial score (nSPS) is 16.4. The lowest BCUT2D eigenvalue weighted by atomic mass is 9.67. The van der Waals surface area contributed by atoms with Crippen LogP contribution < -0.4 is 11.1 Å². The molecule has 0 amide bonds. The van der Waals surface area contributed by atoms with Crippen LogP contribution in [0.15, 0.2) is 12.1 Å². The van der Waals surface area contributed by atoms with Gasteiger partial charge < -0.3 is 15.8 Å². The summed E-state index contributed by atoms with van der Waals surface area (Å²) in [5, 5.41) is 3.11. The number of hydrogen-bond donors (Lipinski definition) is 2. The molecule has 0 bridgehead atoms. The number of nitrogens with one attached hydrogen (secondary N) is 1. The van der Waals surface area contributed by atoms with Gasteiger partial charge in [0.25, 0.3) is 0 Å². The summed E-state index contributed by atoms with van der Waals surface area (Å²) in [6.07, 6.45) is 4.63. The smallest absolute Gasteiger partial charge is 0.340 e. The van der Waals surface area contributed by atoms with Crippen molar-refractivity contribution in [1.29, 1.82) is 0 Å². The predicted molar refractivity (Wildman–Crippen MR) is 77.2 cm³/mol. The van der Waals surface area contributed by atoms with Gasteiger partial charge in [-0.2, -0.15) is 0 Å². The van der Waals surface area contributed by atoms with Crippen molar-refractivity contribution in [1.82, 2.24) is 0 Å². The van der Waals surface area contributed by atoms with Crippen molar-refractivity contribution < 1.29 is 13.9 Å². The number of methoxy groups -OCH3 is 1. The third-order valence-corrected chi connectivity index (χ3v) is 4.36. The maximum atomic E-state index is 13.9. The molecule has 1 aromatic rings. The first-order valence-corrected chi connectivity index (χ1v) is 6.92. The first-order valence-electron chi connectivity index (χ1n) is 6.92. The Labute approximate surface area is 118 Å². The number of halogens is 1. The zero-order valence-electron chi connectivity index (χ0n) is 12.0. The number of benzene rings is 1. The molecule has 5 heteroatoms. The van der Waals surface area contributed by atoms with E-state index in [9.17, 15) is 9.18 Å². The van der Waals surface area contributed by atoms with Gasteiger partial charge in [-0.3, -0.25) is 0 Å². The molecular formula is C15H21FN2O2. The zero-order chi connectivity index (χ0) is 14.8. The van der Waals surface area contributed by atoms with Crippen molar-refractivity contribution in [3.63, 3.8) is 0 Å². The predicted octanol–water partition coefficient (Wildman–Crippen LogP) is 3.19. The van der Waals surface area contributed by atoms with E-state index < -0.39 is 11.8 Å². The molecule has 4 nitrogen and oxygen atoms in total. The lowest BCUT2D eigenvalue weighted by Gasteiger charge is -2.41. The van der Waals surface area contributed by atoms with Crippen LogP contribution >= 0.6 is 0 Å². The summed E-state index contributed by atoms with van der Waals surface area (Å²) in [6.45, 7) is 2.87. The van der Waals surface area contributed by atoms with Gasteiger partial charge in [0.2, 0.25) is 0 Å². The van der Waals surface area contributed by atoms with Crippen LogP contribution in [0.1, 0.15) is 43.0 Å². The van der Waals surface area contributed by atoms with Crippen molar-refractivity contribution in [2.45, 2.75) is 32.6 Å². The molecule has 0 aromatic heterocycles. The Balaban J connectivity index is 2.16. The number of carbonyl (C=O) groups is 1. The first kappa shape index (κ1) is 14.6. The summed E-state index contributed by atoms with van der Waals surface area (Å²) in [5.41, 5.74) is 6.49. The molecule has 0 atom stereocenters. The second kappa shape index (κ2) is 5.69. The highest BCUT2D eigenvalue weighted by Crippen LogP contribution is 2.43. The van der Waals surface area contributed by atoms with E-state index in [-0.39, 0.29) is 16.7 Å². The average Bonchev–Trinajstić information content (AvgIpc) is 2.39. The summed E-state index contributed by atoms with van der Waals surface area (Å²) in [6, 6.07) is 2.59. The van der Waals surface area contributed by atoms with E-state index in [2.05, 4.69) is 17.0 Å². The topological polar surface area (TPSA) is 64.3 Å². The number of ether oxygens (including phenoxy) is 1. The fourth-order valence-electron chi connectivity index (χ4n) is 2.63. The maximum absolute atomic E-state index is 13.9.